The highest BCUT2D eigenvalue weighted by Gasteiger charge is 2.22. The van der Waals surface area contributed by atoms with Crippen LogP contribution in [0.2, 0.25) is 0 Å². The van der Waals surface area contributed by atoms with Crippen molar-refractivity contribution in [2.24, 2.45) is 0 Å². The summed E-state index contributed by atoms with van der Waals surface area (Å²) in [6.45, 7) is 1.81. The van der Waals surface area contributed by atoms with Crippen LogP contribution in [0.1, 0.15) is 5.56 Å². The van der Waals surface area contributed by atoms with Crippen LogP contribution in [-0.4, -0.2) is 40.4 Å². The van der Waals surface area contributed by atoms with Crippen molar-refractivity contribution in [3.05, 3.63) is 60.4 Å². The Hall–Kier alpha value is -3.43. The molecule has 0 fully saturated rings. The first-order valence-corrected chi connectivity index (χ1v) is 10.5. The molecular weight excluding hydrogens is 418 g/mol. The van der Waals surface area contributed by atoms with Crippen LogP contribution in [0.25, 0.3) is 11.1 Å². The smallest absolute Gasteiger partial charge is 0.243 e. The molecule has 0 saturated heterocycles. The van der Waals surface area contributed by atoms with Gasteiger partial charge in [-0.05, 0) is 43.3 Å². The van der Waals surface area contributed by atoms with E-state index >= 15 is 0 Å². The van der Waals surface area contributed by atoms with E-state index in [-0.39, 0.29) is 17.3 Å². The van der Waals surface area contributed by atoms with E-state index in [9.17, 15) is 13.6 Å². The average Bonchev–Trinajstić information content (AvgIpc) is 2.77. The molecule has 0 bridgehead atoms. The van der Waals surface area contributed by atoms with Crippen LogP contribution >= 0.6 is 0 Å². The molecule has 2 aromatic carbocycles. The van der Waals surface area contributed by atoms with Gasteiger partial charge in [0, 0.05) is 11.8 Å². The number of amides is 1. The fourth-order valence-electron chi connectivity index (χ4n) is 3.15. The third kappa shape index (κ3) is 5.19. The molecule has 1 atom stereocenters. The minimum absolute atomic E-state index is 0.0746. The number of ether oxygens (including phenoxy) is 2. The zero-order chi connectivity index (χ0) is 22.4. The zero-order valence-corrected chi connectivity index (χ0v) is 18.2. The summed E-state index contributed by atoms with van der Waals surface area (Å²) in [6, 6.07) is 12.0. The molecule has 3 N–H and O–H groups in total. The van der Waals surface area contributed by atoms with Crippen molar-refractivity contribution in [3.63, 3.8) is 0 Å². The first-order chi connectivity index (χ1) is 14.9. The van der Waals surface area contributed by atoms with Crippen LogP contribution in [0.4, 0.5) is 11.4 Å². The number of nitrogens with zero attached hydrogens (tertiary/aromatic N) is 1. The lowest BCUT2D eigenvalue weighted by atomic mass is 9.99. The molecule has 3 aromatic rings. The van der Waals surface area contributed by atoms with Crippen LogP contribution in [0.5, 0.6) is 11.5 Å². The van der Waals surface area contributed by atoms with Crippen LogP contribution in [0.15, 0.2) is 59.8 Å². The van der Waals surface area contributed by atoms with Crippen LogP contribution in [-0.2, 0) is 15.9 Å². The molecule has 9 heteroatoms. The van der Waals surface area contributed by atoms with Gasteiger partial charge < -0.3 is 24.7 Å². The minimum Gasteiger partial charge on any atom is -0.496 e. The second kappa shape index (κ2) is 10.1. The lowest BCUT2D eigenvalue weighted by molar-refractivity contribution is -0.114. The average molecular weight is 442 g/mol. The number of aryl methyl sites for hydroxylation is 1. The summed E-state index contributed by atoms with van der Waals surface area (Å²) in [4.78, 5) is 16.6. The topological polar surface area (TPSA) is 110 Å². The first-order valence-electron chi connectivity index (χ1n) is 9.35. The number of carbonyl (C=O) groups excluding carboxylic acids is 1. The zero-order valence-electron chi connectivity index (χ0n) is 17.3. The molecule has 0 aliphatic rings. The molecule has 162 valence electrons. The largest absolute Gasteiger partial charge is 0.496 e. The van der Waals surface area contributed by atoms with Crippen molar-refractivity contribution in [1.29, 1.82) is 0 Å². The number of hydrogen-bond donors (Lipinski definition) is 3. The van der Waals surface area contributed by atoms with Gasteiger partial charge in [0.05, 0.1) is 48.8 Å². The Morgan fingerprint density at radius 3 is 2.52 bits per heavy atom. The van der Waals surface area contributed by atoms with Crippen molar-refractivity contribution in [2.45, 2.75) is 11.8 Å². The number of hydrogen-bond acceptors (Lipinski definition) is 6. The number of methoxy groups -OCH3 is 2. The SMILES string of the molecule is COc1ccc(OC)c(-c2cc(C)ccc2S(=O)O)c1NCC(=O)Nc1cccnc1. The molecular formula is C22H23N3O5S. The van der Waals surface area contributed by atoms with Crippen molar-refractivity contribution in [3.8, 4) is 22.6 Å². The third-order valence-corrected chi connectivity index (χ3v) is 5.26. The Kier molecular flexibility index (Phi) is 7.22. The van der Waals surface area contributed by atoms with Crippen LogP contribution in [0.3, 0.4) is 0 Å². The molecule has 0 spiro atoms. The second-order valence-corrected chi connectivity index (χ2v) is 7.55. The number of anilines is 2. The molecule has 8 nitrogen and oxygen atoms in total. The van der Waals surface area contributed by atoms with E-state index < -0.39 is 11.1 Å². The molecule has 1 aromatic heterocycles. The lowest BCUT2D eigenvalue weighted by Crippen LogP contribution is -2.22. The Balaban J connectivity index is 2.03. The molecule has 0 aliphatic heterocycles. The molecule has 0 saturated carbocycles. The molecule has 0 aliphatic carbocycles. The van der Waals surface area contributed by atoms with Crippen LogP contribution < -0.4 is 20.1 Å². The van der Waals surface area contributed by atoms with Gasteiger partial charge in [-0.3, -0.25) is 9.78 Å². The van der Waals surface area contributed by atoms with E-state index in [1.165, 1.54) is 14.2 Å². The quantitative estimate of drug-likeness (QED) is 0.457. The summed E-state index contributed by atoms with van der Waals surface area (Å²) in [5.74, 6) is 0.633. The highest BCUT2D eigenvalue weighted by molar-refractivity contribution is 7.79. The predicted octanol–water partition coefficient (Wildman–Crippen LogP) is 3.71. The standard InChI is InChI=1S/C22H23N3O5S/c1-14-6-9-19(31(27)28)16(11-14)21-17(29-2)7-8-18(30-3)22(21)24-13-20(26)25-15-5-4-10-23-12-15/h4-12,24H,13H2,1-3H3,(H,25,26)(H,27,28). The number of nitrogens with one attached hydrogen (secondary N) is 2. The van der Waals surface area contributed by atoms with Crippen LogP contribution in [0, 0.1) is 6.92 Å². The predicted molar refractivity (Wildman–Crippen MR) is 120 cm³/mol. The van der Waals surface area contributed by atoms with Crippen molar-refractivity contribution in [1.82, 2.24) is 4.98 Å². The minimum atomic E-state index is -2.23. The Labute approximate surface area is 182 Å². The fourth-order valence-corrected chi connectivity index (χ4v) is 3.68. The van der Waals surface area contributed by atoms with Gasteiger partial charge in [0.25, 0.3) is 0 Å². The van der Waals surface area contributed by atoms with E-state index in [0.29, 0.717) is 34.0 Å². The van der Waals surface area contributed by atoms with Gasteiger partial charge in [0.1, 0.15) is 11.5 Å². The Morgan fingerprint density at radius 2 is 1.87 bits per heavy atom. The van der Waals surface area contributed by atoms with Gasteiger partial charge >= 0.3 is 0 Å². The van der Waals surface area contributed by atoms with Crippen molar-refractivity contribution < 1.29 is 23.0 Å². The highest BCUT2D eigenvalue weighted by atomic mass is 32.2. The fraction of sp³-hybridized carbons (Fsp3) is 0.182. The molecule has 1 amide bonds. The van der Waals surface area contributed by atoms with E-state index in [1.54, 1.807) is 54.9 Å². The maximum absolute atomic E-state index is 12.5. The van der Waals surface area contributed by atoms with Gasteiger partial charge in [-0.2, -0.15) is 0 Å². The number of pyridine rings is 1. The van der Waals surface area contributed by atoms with Gasteiger partial charge in [0.2, 0.25) is 5.91 Å². The summed E-state index contributed by atoms with van der Waals surface area (Å²) >= 11 is -2.23. The molecule has 1 heterocycles. The Morgan fingerprint density at radius 1 is 1.13 bits per heavy atom. The summed E-state index contributed by atoms with van der Waals surface area (Å²) in [5, 5.41) is 5.85. The lowest BCUT2D eigenvalue weighted by Gasteiger charge is -2.20. The van der Waals surface area contributed by atoms with Crippen molar-refractivity contribution >= 4 is 28.4 Å². The summed E-state index contributed by atoms with van der Waals surface area (Å²) in [6.07, 6.45) is 3.16. The first kappa shape index (κ1) is 22.3. The molecule has 3 rings (SSSR count). The second-order valence-electron chi connectivity index (χ2n) is 6.61. The van der Waals surface area contributed by atoms with E-state index in [0.717, 1.165) is 5.56 Å². The number of carbonyl (C=O) groups is 1. The maximum atomic E-state index is 12.5. The van der Waals surface area contributed by atoms with Gasteiger partial charge in [-0.1, -0.05) is 11.6 Å². The monoisotopic (exact) mass is 441 g/mol. The van der Waals surface area contributed by atoms with E-state index in [1.807, 2.05) is 6.92 Å². The van der Waals surface area contributed by atoms with Crippen molar-refractivity contribution in [2.75, 3.05) is 31.4 Å². The number of aromatic nitrogens is 1. The van der Waals surface area contributed by atoms with E-state index in [2.05, 4.69) is 15.6 Å². The molecule has 1 unspecified atom stereocenters. The van der Waals surface area contributed by atoms with Gasteiger partial charge in [0.15, 0.2) is 11.1 Å². The maximum Gasteiger partial charge on any atom is 0.243 e. The summed E-state index contributed by atoms with van der Waals surface area (Å²) in [5.41, 5.74) is 2.97. The summed E-state index contributed by atoms with van der Waals surface area (Å²) in [7, 11) is 3.02. The molecule has 0 radical (unpaired) electrons. The van der Waals surface area contributed by atoms with Gasteiger partial charge in [-0.25, -0.2) is 4.21 Å². The summed E-state index contributed by atoms with van der Waals surface area (Å²) < 4.78 is 32.8. The number of benzene rings is 2. The Bertz CT molecular complexity index is 1110. The normalized spacial score (nSPS) is 11.5. The third-order valence-electron chi connectivity index (χ3n) is 4.53. The number of rotatable bonds is 8. The molecule has 31 heavy (non-hydrogen) atoms. The van der Waals surface area contributed by atoms with E-state index in [4.69, 9.17) is 9.47 Å². The highest BCUT2D eigenvalue weighted by Crippen LogP contribution is 2.44. The van der Waals surface area contributed by atoms with Gasteiger partial charge in [-0.15, -0.1) is 0 Å².